The lowest BCUT2D eigenvalue weighted by Crippen LogP contribution is -2.38. The van der Waals surface area contributed by atoms with Crippen LogP contribution >= 0.6 is 0 Å². The minimum atomic E-state index is -0.696. The molecule has 0 aromatic carbocycles. The number of β-amino-alcohol motifs (C(OH)–C–C–N with tert-alkyl or cyclic N) is 1. The molecular formula is C13H20N2O3. The molecule has 5 heteroatoms. The number of nitrogens with zero attached hydrogens (tertiary/aromatic N) is 2. The monoisotopic (exact) mass is 252 g/mol. The highest BCUT2D eigenvalue weighted by atomic mass is 16.4. The van der Waals surface area contributed by atoms with Crippen LogP contribution in [-0.4, -0.2) is 45.3 Å². The number of hydrogen-bond acceptors (Lipinski definition) is 3. The second-order valence-electron chi connectivity index (χ2n) is 5.04. The molecule has 2 N–H and O–H groups in total. The average molecular weight is 252 g/mol. The van der Waals surface area contributed by atoms with Crippen LogP contribution in [0, 0.1) is 5.92 Å². The maximum atomic E-state index is 10.8. The Kier molecular flexibility index (Phi) is 4.04. The predicted octanol–water partition coefficient (Wildman–Crippen LogP) is 0.855. The maximum Gasteiger partial charge on any atom is 0.306 e. The SMILES string of the molecule is Cn1ccc(C(O)CN2CCC(C(=O)O)CC2)c1. The zero-order valence-electron chi connectivity index (χ0n) is 10.6. The molecule has 0 saturated carbocycles. The molecule has 1 fully saturated rings. The van der Waals surface area contributed by atoms with E-state index in [0.29, 0.717) is 19.4 Å². The van der Waals surface area contributed by atoms with E-state index in [-0.39, 0.29) is 5.92 Å². The molecule has 18 heavy (non-hydrogen) atoms. The van der Waals surface area contributed by atoms with Gasteiger partial charge in [0, 0.05) is 26.0 Å². The molecule has 1 aliphatic rings. The number of aliphatic hydroxyl groups excluding tert-OH is 1. The zero-order chi connectivity index (χ0) is 13.1. The lowest BCUT2D eigenvalue weighted by Gasteiger charge is -2.31. The third kappa shape index (κ3) is 3.11. The van der Waals surface area contributed by atoms with Crippen LogP contribution in [0.5, 0.6) is 0 Å². The summed E-state index contributed by atoms with van der Waals surface area (Å²) in [5, 5.41) is 19.0. The van der Waals surface area contributed by atoms with Gasteiger partial charge in [-0.25, -0.2) is 0 Å². The summed E-state index contributed by atoms with van der Waals surface area (Å²) in [6, 6.07) is 1.91. The first kappa shape index (κ1) is 13.1. The van der Waals surface area contributed by atoms with Crippen molar-refractivity contribution in [1.29, 1.82) is 0 Å². The van der Waals surface area contributed by atoms with Gasteiger partial charge in [0.05, 0.1) is 12.0 Å². The first-order valence-corrected chi connectivity index (χ1v) is 6.31. The van der Waals surface area contributed by atoms with Gasteiger partial charge < -0.3 is 19.7 Å². The molecule has 0 bridgehead atoms. The number of aromatic nitrogens is 1. The molecule has 0 spiro atoms. The number of aryl methyl sites for hydroxylation is 1. The predicted molar refractivity (Wildman–Crippen MR) is 67.2 cm³/mol. The Morgan fingerprint density at radius 3 is 2.67 bits per heavy atom. The van der Waals surface area contributed by atoms with Gasteiger partial charge >= 0.3 is 5.97 Å². The Morgan fingerprint density at radius 1 is 1.50 bits per heavy atom. The number of rotatable bonds is 4. The molecule has 1 atom stereocenters. The highest BCUT2D eigenvalue weighted by Gasteiger charge is 2.25. The fraction of sp³-hybridized carbons (Fsp3) is 0.615. The maximum absolute atomic E-state index is 10.8. The molecule has 0 amide bonds. The second kappa shape index (κ2) is 5.54. The van der Waals surface area contributed by atoms with Crippen LogP contribution in [0.1, 0.15) is 24.5 Å². The van der Waals surface area contributed by atoms with Gasteiger partial charge in [0.25, 0.3) is 0 Å². The first-order chi connectivity index (χ1) is 8.56. The largest absolute Gasteiger partial charge is 0.481 e. The van der Waals surface area contributed by atoms with Gasteiger partial charge in [-0.1, -0.05) is 0 Å². The molecule has 1 aromatic rings. The second-order valence-corrected chi connectivity index (χ2v) is 5.04. The Hall–Kier alpha value is -1.33. The van der Waals surface area contributed by atoms with E-state index in [1.807, 2.05) is 30.1 Å². The third-order valence-electron chi connectivity index (χ3n) is 3.61. The third-order valence-corrected chi connectivity index (χ3v) is 3.61. The van der Waals surface area contributed by atoms with E-state index in [9.17, 15) is 9.90 Å². The standard InChI is InChI=1S/C13H20N2O3/c1-14-5-2-11(8-14)12(16)9-15-6-3-10(4-7-15)13(17)18/h2,5,8,10,12,16H,3-4,6-7,9H2,1H3,(H,17,18). The molecule has 0 aliphatic carbocycles. The molecular weight excluding hydrogens is 232 g/mol. The summed E-state index contributed by atoms with van der Waals surface area (Å²) in [6.07, 6.45) is 4.69. The first-order valence-electron chi connectivity index (χ1n) is 6.31. The minimum absolute atomic E-state index is 0.213. The fourth-order valence-electron chi connectivity index (χ4n) is 2.43. The molecule has 2 rings (SSSR count). The lowest BCUT2D eigenvalue weighted by molar-refractivity contribution is -0.143. The number of aliphatic carboxylic acids is 1. The van der Waals surface area contributed by atoms with Crippen LogP contribution in [0.25, 0.3) is 0 Å². The summed E-state index contributed by atoms with van der Waals surface area (Å²) in [7, 11) is 1.93. The van der Waals surface area contributed by atoms with Crippen molar-refractivity contribution >= 4 is 5.97 Å². The van der Waals surface area contributed by atoms with Gasteiger partial charge in [-0.15, -0.1) is 0 Å². The van der Waals surface area contributed by atoms with Crippen molar-refractivity contribution in [1.82, 2.24) is 9.47 Å². The molecule has 1 aliphatic heterocycles. The van der Waals surface area contributed by atoms with E-state index in [2.05, 4.69) is 4.90 Å². The van der Waals surface area contributed by atoms with E-state index in [1.165, 1.54) is 0 Å². The molecule has 1 aromatic heterocycles. The van der Waals surface area contributed by atoms with E-state index in [4.69, 9.17) is 5.11 Å². The molecule has 1 unspecified atom stereocenters. The van der Waals surface area contributed by atoms with Gasteiger partial charge in [0.15, 0.2) is 0 Å². The smallest absolute Gasteiger partial charge is 0.306 e. The summed E-state index contributed by atoms with van der Waals surface area (Å²) in [5.41, 5.74) is 0.915. The summed E-state index contributed by atoms with van der Waals surface area (Å²) < 4.78 is 1.91. The Balaban J connectivity index is 1.83. The summed E-state index contributed by atoms with van der Waals surface area (Å²) in [5.74, 6) is -0.909. The highest BCUT2D eigenvalue weighted by molar-refractivity contribution is 5.70. The van der Waals surface area contributed by atoms with Crippen molar-refractivity contribution in [3.63, 3.8) is 0 Å². The number of carbonyl (C=O) groups is 1. The van der Waals surface area contributed by atoms with Crippen molar-refractivity contribution in [2.24, 2.45) is 13.0 Å². The van der Waals surface area contributed by atoms with Crippen molar-refractivity contribution < 1.29 is 15.0 Å². The Labute approximate surface area is 107 Å². The van der Waals surface area contributed by atoms with Gasteiger partial charge in [-0.2, -0.15) is 0 Å². The lowest BCUT2D eigenvalue weighted by atomic mass is 9.97. The zero-order valence-corrected chi connectivity index (χ0v) is 10.6. The van der Waals surface area contributed by atoms with Crippen molar-refractivity contribution in [3.8, 4) is 0 Å². The molecule has 5 nitrogen and oxygen atoms in total. The normalized spacial score (nSPS) is 19.9. The van der Waals surface area contributed by atoms with Crippen LogP contribution in [0.4, 0.5) is 0 Å². The Bertz CT molecular complexity index is 408. The molecule has 100 valence electrons. The quantitative estimate of drug-likeness (QED) is 0.834. The number of hydrogen-bond donors (Lipinski definition) is 2. The number of carboxylic acids is 1. The van der Waals surface area contributed by atoms with Crippen LogP contribution in [0.2, 0.25) is 0 Å². The Morgan fingerprint density at radius 2 is 2.17 bits per heavy atom. The number of likely N-dealkylation sites (tertiary alicyclic amines) is 1. The molecule has 2 heterocycles. The van der Waals surface area contributed by atoms with Crippen LogP contribution in [0.15, 0.2) is 18.5 Å². The van der Waals surface area contributed by atoms with Gasteiger partial charge in [-0.3, -0.25) is 4.79 Å². The van der Waals surface area contributed by atoms with E-state index in [1.54, 1.807) is 0 Å². The van der Waals surface area contributed by atoms with Gasteiger partial charge in [-0.05, 0) is 37.6 Å². The van der Waals surface area contributed by atoms with Crippen molar-refractivity contribution in [3.05, 3.63) is 24.0 Å². The van der Waals surface area contributed by atoms with E-state index >= 15 is 0 Å². The topological polar surface area (TPSA) is 65.7 Å². The number of aliphatic hydroxyl groups is 1. The van der Waals surface area contributed by atoms with Gasteiger partial charge in [0.1, 0.15) is 0 Å². The van der Waals surface area contributed by atoms with Crippen LogP contribution in [-0.2, 0) is 11.8 Å². The average Bonchev–Trinajstić information content (AvgIpc) is 2.76. The molecule has 1 saturated heterocycles. The summed E-state index contributed by atoms with van der Waals surface area (Å²) in [4.78, 5) is 13.0. The minimum Gasteiger partial charge on any atom is -0.481 e. The highest BCUT2D eigenvalue weighted by Crippen LogP contribution is 2.20. The molecule has 0 radical (unpaired) electrons. The van der Waals surface area contributed by atoms with E-state index in [0.717, 1.165) is 18.7 Å². The van der Waals surface area contributed by atoms with Crippen LogP contribution < -0.4 is 0 Å². The van der Waals surface area contributed by atoms with Crippen molar-refractivity contribution in [2.75, 3.05) is 19.6 Å². The van der Waals surface area contributed by atoms with Crippen molar-refractivity contribution in [2.45, 2.75) is 18.9 Å². The van der Waals surface area contributed by atoms with Crippen LogP contribution in [0.3, 0.4) is 0 Å². The fourth-order valence-corrected chi connectivity index (χ4v) is 2.43. The van der Waals surface area contributed by atoms with Gasteiger partial charge in [0.2, 0.25) is 0 Å². The summed E-state index contributed by atoms with van der Waals surface area (Å²) >= 11 is 0. The number of piperidine rings is 1. The van der Waals surface area contributed by atoms with E-state index < -0.39 is 12.1 Å². The number of carboxylic acid groups (broad SMARTS) is 1. The summed E-state index contributed by atoms with van der Waals surface area (Å²) in [6.45, 7) is 2.08.